The Balaban J connectivity index is 1.65. The van der Waals surface area contributed by atoms with E-state index in [1.807, 2.05) is 6.92 Å². The first-order chi connectivity index (χ1) is 12.4. The number of hydrogen-bond acceptors (Lipinski definition) is 4. The zero-order valence-corrected chi connectivity index (χ0v) is 16.0. The molecule has 1 aliphatic rings. The second kappa shape index (κ2) is 7.85. The molecule has 1 aromatic carbocycles. The van der Waals surface area contributed by atoms with Crippen LogP contribution in [0.1, 0.15) is 31.4 Å². The Bertz CT molecular complexity index is 851. The van der Waals surface area contributed by atoms with E-state index in [9.17, 15) is 17.6 Å². The van der Waals surface area contributed by atoms with E-state index in [-0.39, 0.29) is 30.2 Å². The van der Waals surface area contributed by atoms with Crippen LogP contribution in [0.4, 0.5) is 4.39 Å². The number of sulfonamides is 1. The number of nitrogens with zero attached hydrogens (tertiary/aromatic N) is 1. The summed E-state index contributed by atoms with van der Waals surface area (Å²) in [5.74, 6) is -0.886. The Morgan fingerprint density at radius 1 is 1.31 bits per heavy atom. The van der Waals surface area contributed by atoms with Crippen LogP contribution in [0, 0.1) is 11.7 Å². The number of carbonyl (C=O) groups is 1. The number of piperidine rings is 1. The van der Waals surface area contributed by atoms with Gasteiger partial charge in [0.05, 0.1) is 12.0 Å². The monoisotopic (exact) mass is 396 g/mol. The standard InChI is InChI=1S/C18H21FN2O3S2/c1-13(14-6-8-16(19)9-7-14)20-18(22)15-4-2-10-21(12-15)26(23,24)17-5-3-11-25-17/h3,5-9,11,13,15H,2,4,10,12H2,1H3,(H,20,22)/t13-,15-/m0/s1. The van der Waals surface area contributed by atoms with Crippen LogP contribution in [-0.2, 0) is 14.8 Å². The molecule has 5 nitrogen and oxygen atoms in total. The third-order valence-electron chi connectivity index (χ3n) is 4.57. The van der Waals surface area contributed by atoms with E-state index in [1.54, 1.807) is 29.6 Å². The molecule has 0 bridgehead atoms. The van der Waals surface area contributed by atoms with Gasteiger partial charge in [-0.1, -0.05) is 18.2 Å². The van der Waals surface area contributed by atoms with Crippen molar-refractivity contribution in [2.75, 3.05) is 13.1 Å². The number of halogens is 1. The minimum atomic E-state index is -3.54. The van der Waals surface area contributed by atoms with Crippen LogP contribution in [0.3, 0.4) is 0 Å². The largest absolute Gasteiger partial charge is 0.349 e. The van der Waals surface area contributed by atoms with Crippen LogP contribution in [0.25, 0.3) is 0 Å². The summed E-state index contributed by atoms with van der Waals surface area (Å²) in [5.41, 5.74) is 0.804. The van der Waals surface area contributed by atoms with E-state index >= 15 is 0 Å². The van der Waals surface area contributed by atoms with Gasteiger partial charge in [0.25, 0.3) is 10.0 Å². The third-order valence-corrected chi connectivity index (χ3v) is 7.81. The first-order valence-corrected chi connectivity index (χ1v) is 10.8. The van der Waals surface area contributed by atoms with Gasteiger partial charge in [0.15, 0.2) is 0 Å². The molecule has 2 heterocycles. The van der Waals surface area contributed by atoms with Crippen molar-refractivity contribution >= 4 is 27.3 Å². The molecule has 2 atom stereocenters. The molecule has 8 heteroatoms. The fourth-order valence-electron chi connectivity index (χ4n) is 3.08. The van der Waals surface area contributed by atoms with Crippen LogP contribution in [0.2, 0.25) is 0 Å². The lowest BCUT2D eigenvalue weighted by atomic mass is 9.98. The van der Waals surface area contributed by atoms with Crippen molar-refractivity contribution in [3.63, 3.8) is 0 Å². The highest BCUT2D eigenvalue weighted by atomic mass is 32.2. The lowest BCUT2D eigenvalue weighted by Crippen LogP contribution is -2.45. The minimum Gasteiger partial charge on any atom is -0.349 e. The Labute approximate surface area is 156 Å². The molecule has 1 fully saturated rings. The van der Waals surface area contributed by atoms with Gasteiger partial charge in [0.1, 0.15) is 10.0 Å². The van der Waals surface area contributed by atoms with E-state index in [0.717, 1.165) is 5.56 Å². The van der Waals surface area contributed by atoms with Crippen molar-refractivity contribution in [1.82, 2.24) is 9.62 Å². The molecular formula is C18H21FN2O3S2. The lowest BCUT2D eigenvalue weighted by molar-refractivity contribution is -0.126. The highest BCUT2D eigenvalue weighted by Crippen LogP contribution is 2.27. The van der Waals surface area contributed by atoms with Gasteiger partial charge in [-0.3, -0.25) is 4.79 Å². The number of benzene rings is 1. The summed E-state index contributed by atoms with van der Waals surface area (Å²) in [6, 6.07) is 8.99. The van der Waals surface area contributed by atoms with Crippen molar-refractivity contribution in [2.24, 2.45) is 5.92 Å². The molecule has 0 aliphatic carbocycles. The number of thiophene rings is 1. The zero-order valence-electron chi connectivity index (χ0n) is 14.4. The molecule has 0 spiro atoms. The van der Waals surface area contributed by atoms with E-state index in [0.29, 0.717) is 23.6 Å². The van der Waals surface area contributed by atoms with Gasteiger partial charge in [-0.15, -0.1) is 11.3 Å². The van der Waals surface area contributed by atoms with Gasteiger partial charge in [0, 0.05) is 13.1 Å². The molecular weight excluding hydrogens is 375 g/mol. The van der Waals surface area contributed by atoms with Gasteiger partial charge in [-0.05, 0) is 48.9 Å². The molecule has 140 valence electrons. The zero-order chi connectivity index (χ0) is 18.7. The van der Waals surface area contributed by atoms with Crippen molar-refractivity contribution < 1.29 is 17.6 Å². The molecule has 1 saturated heterocycles. The molecule has 26 heavy (non-hydrogen) atoms. The van der Waals surface area contributed by atoms with Crippen molar-refractivity contribution in [3.8, 4) is 0 Å². The summed E-state index contributed by atoms with van der Waals surface area (Å²) in [6.45, 7) is 2.44. The van der Waals surface area contributed by atoms with Gasteiger partial charge in [-0.25, -0.2) is 12.8 Å². The van der Waals surface area contributed by atoms with Crippen molar-refractivity contribution in [2.45, 2.75) is 30.0 Å². The molecule has 1 aliphatic heterocycles. The quantitative estimate of drug-likeness (QED) is 0.844. The SMILES string of the molecule is C[C@H](NC(=O)[C@H]1CCCN(S(=O)(=O)c2cccs2)C1)c1ccc(F)cc1. The van der Waals surface area contributed by atoms with Crippen molar-refractivity contribution in [3.05, 3.63) is 53.2 Å². The molecule has 1 N–H and O–H groups in total. The third kappa shape index (κ3) is 4.13. The van der Waals surface area contributed by atoms with E-state index in [1.165, 1.54) is 27.8 Å². The van der Waals surface area contributed by atoms with Crippen LogP contribution >= 0.6 is 11.3 Å². The minimum absolute atomic E-state index is 0.173. The molecule has 3 rings (SSSR count). The number of amides is 1. The maximum Gasteiger partial charge on any atom is 0.252 e. The average molecular weight is 397 g/mol. The number of nitrogens with one attached hydrogen (secondary N) is 1. The first-order valence-electron chi connectivity index (χ1n) is 8.47. The predicted molar refractivity (Wildman–Crippen MR) is 98.8 cm³/mol. The second-order valence-electron chi connectivity index (χ2n) is 6.42. The fraction of sp³-hybridized carbons (Fsp3) is 0.389. The number of hydrogen-bond donors (Lipinski definition) is 1. The number of rotatable bonds is 5. The highest BCUT2D eigenvalue weighted by molar-refractivity contribution is 7.91. The highest BCUT2D eigenvalue weighted by Gasteiger charge is 2.34. The summed E-state index contributed by atoms with van der Waals surface area (Å²) in [7, 11) is -3.54. The summed E-state index contributed by atoms with van der Waals surface area (Å²) >= 11 is 1.18. The summed E-state index contributed by atoms with van der Waals surface area (Å²) in [5, 5.41) is 4.64. The summed E-state index contributed by atoms with van der Waals surface area (Å²) in [4.78, 5) is 12.6. The van der Waals surface area contributed by atoms with Crippen LogP contribution < -0.4 is 5.32 Å². The smallest absolute Gasteiger partial charge is 0.252 e. The Morgan fingerprint density at radius 2 is 2.04 bits per heavy atom. The summed E-state index contributed by atoms with van der Waals surface area (Å²) < 4.78 is 40.1. The predicted octanol–water partition coefficient (Wildman–Crippen LogP) is 3.17. The average Bonchev–Trinajstić information content (AvgIpc) is 3.18. The van der Waals surface area contributed by atoms with Gasteiger partial charge >= 0.3 is 0 Å². The van der Waals surface area contributed by atoms with Gasteiger partial charge < -0.3 is 5.32 Å². The Kier molecular flexibility index (Phi) is 5.74. The van der Waals surface area contributed by atoms with E-state index < -0.39 is 10.0 Å². The normalized spacial score (nSPS) is 19.8. The first kappa shape index (κ1) is 19.0. The lowest BCUT2D eigenvalue weighted by Gasteiger charge is -2.31. The topological polar surface area (TPSA) is 66.5 Å². The Morgan fingerprint density at radius 3 is 2.69 bits per heavy atom. The van der Waals surface area contributed by atoms with E-state index in [2.05, 4.69) is 5.32 Å². The van der Waals surface area contributed by atoms with E-state index in [4.69, 9.17) is 0 Å². The fourth-order valence-corrected chi connectivity index (χ4v) is 5.75. The van der Waals surface area contributed by atoms with Crippen LogP contribution in [0.5, 0.6) is 0 Å². The molecule has 1 amide bonds. The summed E-state index contributed by atoms with van der Waals surface area (Å²) in [6.07, 6.45) is 1.30. The van der Waals surface area contributed by atoms with Crippen LogP contribution in [0.15, 0.2) is 46.0 Å². The molecule has 0 radical (unpaired) electrons. The molecule has 0 saturated carbocycles. The maximum atomic E-state index is 13.0. The van der Waals surface area contributed by atoms with Gasteiger partial charge in [-0.2, -0.15) is 4.31 Å². The molecule has 1 aromatic heterocycles. The molecule has 0 unspecified atom stereocenters. The number of carbonyl (C=O) groups excluding carboxylic acids is 1. The van der Waals surface area contributed by atoms with Crippen LogP contribution in [-0.4, -0.2) is 31.7 Å². The second-order valence-corrected chi connectivity index (χ2v) is 9.53. The van der Waals surface area contributed by atoms with Gasteiger partial charge in [0.2, 0.25) is 5.91 Å². The Hall–Kier alpha value is -1.77. The maximum absolute atomic E-state index is 13.0. The van der Waals surface area contributed by atoms with Crippen molar-refractivity contribution in [1.29, 1.82) is 0 Å². The molecule has 2 aromatic rings.